The Morgan fingerprint density at radius 2 is 1.69 bits per heavy atom. The van der Waals surface area contributed by atoms with E-state index in [1.807, 2.05) is 75.4 Å². The summed E-state index contributed by atoms with van der Waals surface area (Å²) in [6.45, 7) is 5.91. The normalized spacial score (nSPS) is 10.6. The van der Waals surface area contributed by atoms with Crippen LogP contribution in [0, 0.1) is 20.8 Å². The van der Waals surface area contributed by atoms with E-state index in [1.165, 1.54) is 0 Å². The summed E-state index contributed by atoms with van der Waals surface area (Å²) in [6.07, 6.45) is 0. The Morgan fingerprint density at radius 1 is 0.962 bits per heavy atom. The number of ketones is 1. The molecule has 0 N–H and O–H groups in total. The summed E-state index contributed by atoms with van der Waals surface area (Å²) in [7, 11) is 1.59. The number of benzene rings is 2. The minimum atomic E-state index is -0.0529. The summed E-state index contributed by atoms with van der Waals surface area (Å²) in [5.41, 5.74) is 4.73. The topological polar surface area (TPSA) is 40.5 Å². The number of aromatic nitrogens is 1. The highest BCUT2D eigenvalue weighted by Gasteiger charge is 2.17. The molecule has 0 aliphatic rings. The summed E-state index contributed by atoms with van der Waals surface area (Å²) >= 11 is 0. The molecule has 4 heteroatoms. The van der Waals surface area contributed by atoms with Gasteiger partial charge in [0.2, 0.25) is 5.78 Å². The molecule has 0 bridgehead atoms. The Labute approximate surface area is 154 Å². The SMILES string of the molecule is COc1cc(C)ccc1OCC(=O)c1cc(C)n(-c2ccccc2)c1C. The van der Waals surface area contributed by atoms with Gasteiger partial charge in [0.15, 0.2) is 18.1 Å². The molecule has 0 unspecified atom stereocenters. The Bertz CT molecular complexity index is 926. The summed E-state index contributed by atoms with van der Waals surface area (Å²) in [5, 5.41) is 0. The van der Waals surface area contributed by atoms with Gasteiger partial charge in [-0.25, -0.2) is 0 Å². The average Bonchev–Trinajstić information content (AvgIpc) is 2.95. The molecule has 0 saturated heterocycles. The van der Waals surface area contributed by atoms with Gasteiger partial charge in [-0.3, -0.25) is 4.79 Å². The fraction of sp³-hybridized carbons (Fsp3) is 0.227. The van der Waals surface area contributed by atoms with E-state index in [1.54, 1.807) is 7.11 Å². The summed E-state index contributed by atoms with van der Waals surface area (Å²) in [6, 6.07) is 17.6. The van der Waals surface area contributed by atoms with Gasteiger partial charge >= 0.3 is 0 Å². The van der Waals surface area contributed by atoms with Crippen LogP contribution in [0.3, 0.4) is 0 Å². The molecule has 3 rings (SSSR count). The van der Waals surface area contributed by atoms with E-state index in [9.17, 15) is 4.79 Å². The number of nitrogens with zero attached hydrogens (tertiary/aromatic N) is 1. The lowest BCUT2D eigenvalue weighted by molar-refractivity contribution is 0.0919. The van der Waals surface area contributed by atoms with Crippen LogP contribution < -0.4 is 9.47 Å². The van der Waals surface area contributed by atoms with E-state index >= 15 is 0 Å². The second-order valence-corrected chi connectivity index (χ2v) is 6.32. The van der Waals surface area contributed by atoms with Crippen LogP contribution in [-0.4, -0.2) is 24.1 Å². The van der Waals surface area contributed by atoms with Crippen LogP contribution in [-0.2, 0) is 0 Å². The highest BCUT2D eigenvalue weighted by atomic mass is 16.5. The van der Waals surface area contributed by atoms with Crippen molar-refractivity contribution in [3.8, 4) is 17.2 Å². The molecule has 26 heavy (non-hydrogen) atoms. The molecule has 3 aromatic rings. The standard InChI is InChI=1S/C22H23NO3/c1-15-10-11-21(22(12-15)25-4)26-14-20(24)19-13-16(2)23(17(19)3)18-8-6-5-7-9-18/h5-13H,14H2,1-4H3. The number of hydrogen-bond acceptors (Lipinski definition) is 3. The van der Waals surface area contributed by atoms with Gasteiger partial charge in [-0.05, 0) is 56.7 Å². The molecule has 1 aromatic heterocycles. The van der Waals surface area contributed by atoms with Crippen molar-refractivity contribution < 1.29 is 14.3 Å². The molecular formula is C22H23NO3. The predicted octanol–water partition coefficient (Wildman–Crippen LogP) is 4.67. The molecule has 0 atom stereocenters. The quantitative estimate of drug-likeness (QED) is 0.607. The van der Waals surface area contributed by atoms with Gasteiger partial charge in [0.25, 0.3) is 0 Å². The molecule has 4 nitrogen and oxygen atoms in total. The zero-order chi connectivity index (χ0) is 18.7. The average molecular weight is 349 g/mol. The van der Waals surface area contributed by atoms with Crippen molar-refractivity contribution in [1.82, 2.24) is 4.57 Å². The number of para-hydroxylation sites is 1. The highest BCUT2D eigenvalue weighted by Crippen LogP contribution is 2.28. The summed E-state index contributed by atoms with van der Waals surface area (Å²) in [5.74, 6) is 1.15. The van der Waals surface area contributed by atoms with Crippen molar-refractivity contribution in [2.75, 3.05) is 13.7 Å². The molecule has 0 aliphatic heterocycles. The van der Waals surface area contributed by atoms with Crippen LogP contribution in [0.4, 0.5) is 0 Å². The van der Waals surface area contributed by atoms with Crippen LogP contribution in [0.2, 0.25) is 0 Å². The molecular weight excluding hydrogens is 326 g/mol. The Morgan fingerprint density at radius 3 is 2.38 bits per heavy atom. The number of carbonyl (C=O) groups is 1. The zero-order valence-electron chi connectivity index (χ0n) is 15.6. The second kappa shape index (κ2) is 7.48. The number of carbonyl (C=O) groups excluding carboxylic acids is 1. The lowest BCUT2D eigenvalue weighted by Crippen LogP contribution is -2.13. The van der Waals surface area contributed by atoms with Gasteiger partial charge in [0.05, 0.1) is 7.11 Å². The minimum Gasteiger partial charge on any atom is -0.493 e. The Kier molecular flexibility index (Phi) is 5.12. The highest BCUT2D eigenvalue weighted by molar-refractivity contribution is 5.98. The van der Waals surface area contributed by atoms with Crippen molar-refractivity contribution in [2.24, 2.45) is 0 Å². The Balaban J connectivity index is 1.81. The molecule has 0 fully saturated rings. The first kappa shape index (κ1) is 17.8. The largest absolute Gasteiger partial charge is 0.493 e. The maximum atomic E-state index is 12.7. The van der Waals surface area contributed by atoms with E-state index in [2.05, 4.69) is 4.57 Å². The maximum Gasteiger partial charge on any atom is 0.202 e. The van der Waals surface area contributed by atoms with Crippen molar-refractivity contribution in [2.45, 2.75) is 20.8 Å². The van der Waals surface area contributed by atoms with E-state index < -0.39 is 0 Å². The molecule has 134 valence electrons. The minimum absolute atomic E-state index is 0.0293. The second-order valence-electron chi connectivity index (χ2n) is 6.32. The van der Waals surface area contributed by atoms with Gasteiger partial charge in [0, 0.05) is 22.6 Å². The fourth-order valence-corrected chi connectivity index (χ4v) is 3.13. The predicted molar refractivity (Wildman–Crippen MR) is 103 cm³/mol. The first-order valence-electron chi connectivity index (χ1n) is 8.56. The third-order valence-electron chi connectivity index (χ3n) is 4.42. The zero-order valence-corrected chi connectivity index (χ0v) is 15.6. The van der Waals surface area contributed by atoms with Gasteiger partial charge < -0.3 is 14.0 Å². The lowest BCUT2D eigenvalue weighted by Gasteiger charge is -2.11. The van der Waals surface area contributed by atoms with E-state index in [0.29, 0.717) is 17.1 Å². The van der Waals surface area contributed by atoms with Crippen molar-refractivity contribution in [3.05, 3.63) is 77.1 Å². The molecule has 0 saturated carbocycles. The van der Waals surface area contributed by atoms with Crippen LogP contribution in [0.25, 0.3) is 5.69 Å². The third kappa shape index (κ3) is 3.49. The van der Waals surface area contributed by atoms with Gasteiger partial charge in [0.1, 0.15) is 0 Å². The van der Waals surface area contributed by atoms with Gasteiger partial charge in [-0.1, -0.05) is 24.3 Å². The molecule has 0 aliphatic carbocycles. The number of methoxy groups -OCH3 is 1. The van der Waals surface area contributed by atoms with Crippen molar-refractivity contribution in [3.63, 3.8) is 0 Å². The molecule has 2 aromatic carbocycles. The number of rotatable bonds is 6. The smallest absolute Gasteiger partial charge is 0.202 e. The first-order chi connectivity index (χ1) is 12.5. The number of Topliss-reactive ketones (excluding diaryl/α,β-unsaturated/α-hetero) is 1. The third-order valence-corrected chi connectivity index (χ3v) is 4.42. The summed E-state index contributed by atoms with van der Waals surface area (Å²) in [4.78, 5) is 12.7. The van der Waals surface area contributed by atoms with Gasteiger partial charge in [-0.15, -0.1) is 0 Å². The number of ether oxygens (including phenoxy) is 2. The van der Waals surface area contributed by atoms with E-state index in [4.69, 9.17) is 9.47 Å². The first-order valence-corrected chi connectivity index (χ1v) is 8.56. The van der Waals surface area contributed by atoms with Crippen molar-refractivity contribution in [1.29, 1.82) is 0 Å². The van der Waals surface area contributed by atoms with Crippen LogP contribution in [0.5, 0.6) is 11.5 Å². The van der Waals surface area contributed by atoms with Crippen LogP contribution in [0.15, 0.2) is 54.6 Å². The number of hydrogen-bond donors (Lipinski definition) is 0. The summed E-state index contributed by atoms with van der Waals surface area (Å²) < 4.78 is 13.1. The van der Waals surface area contributed by atoms with Crippen LogP contribution >= 0.6 is 0 Å². The Hall–Kier alpha value is -3.01. The van der Waals surface area contributed by atoms with Crippen LogP contribution in [0.1, 0.15) is 27.3 Å². The van der Waals surface area contributed by atoms with Gasteiger partial charge in [-0.2, -0.15) is 0 Å². The van der Waals surface area contributed by atoms with E-state index in [-0.39, 0.29) is 12.4 Å². The van der Waals surface area contributed by atoms with E-state index in [0.717, 1.165) is 22.6 Å². The molecule has 0 spiro atoms. The molecule has 0 amide bonds. The monoisotopic (exact) mass is 349 g/mol. The fourth-order valence-electron chi connectivity index (χ4n) is 3.13. The molecule has 0 radical (unpaired) electrons. The maximum absolute atomic E-state index is 12.7. The molecule has 1 heterocycles. The number of aryl methyl sites for hydroxylation is 2. The lowest BCUT2D eigenvalue weighted by atomic mass is 10.1. The van der Waals surface area contributed by atoms with Crippen molar-refractivity contribution >= 4 is 5.78 Å².